The molecular weight excluding hydrogens is 371 g/mol. The summed E-state index contributed by atoms with van der Waals surface area (Å²) in [5.41, 5.74) is 3.61. The lowest BCUT2D eigenvalue weighted by atomic mass is 9.93. The Kier molecular flexibility index (Phi) is 8.94. The molecule has 30 heavy (non-hydrogen) atoms. The van der Waals surface area contributed by atoms with Gasteiger partial charge in [0, 0.05) is 24.9 Å². The minimum Gasteiger partial charge on any atom is -0.350 e. The molecule has 1 aliphatic heterocycles. The molecule has 1 atom stereocenters. The number of allylic oxidation sites excluding steroid dienone is 1. The van der Waals surface area contributed by atoms with Crippen LogP contribution in [-0.2, 0) is 16.0 Å². The molecule has 1 aromatic heterocycles. The highest BCUT2D eigenvalue weighted by atomic mass is 16.7. The second kappa shape index (κ2) is 12.2. The Balaban J connectivity index is 0.000000172. The summed E-state index contributed by atoms with van der Waals surface area (Å²) in [7, 11) is 5.63. The molecule has 1 saturated heterocycles. The van der Waals surface area contributed by atoms with Crippen molar-refractivity contribution in [1.82, 2.24) is 9.55 Å². The number of imidazole rings is 1. The molecule has 0 bridgehead atoms. The minimum absolute atomic E-state index is 0.0256. The predicted molar refractivity (Wildman–Crippen MR) is 122 cm³/mol. The molecule has 4 nitrogen and oxygen atoms in total. The SMILES string of the molecule is CCC(Cn1ccnc1)C1OCCO1.[B]CC=C(c1ccccc1)c1ccccc1. The first-order valence-electron chi connectivity index (χ1n) is 10.5. The van der Waals surface area contributed by atoms with Crippen LogP contribution in [0.25, 0.3) is 5.57 Å². The van der Waals surface area contributed by atoms with E-state index < -0.39 is 0 Å². The average Bonchev–Trinajstić information content (AvgIpc) is 3.52. The van der Waals surface area contributed by atoms with E-state index in [1.807, 2.05) is 48.9 Å². The fourth-order valence-corrected chi connectivity index (χ4v) is 3.48. The number of ether oxygens (including phenoxy) is 2. The molecule has 1 fully saturated rings. The van der Waals surface area contributed by atoms with E-state index >= 15 is 0 Å². The number of hydrogen-bond acceptors (Lipinski definition) is 3. The van der Waals surface area contributed by atoms with Crippen molar-refractivity contribution in [1.29, 1.82) is 0 Å². The van der Waals surface area contributed by atoms with Crippen molar-refractivity contribution >= 4 is 13.4 Å². The number of nitrogens with zero attached hydrogens (tertiary/aromatic N) is 2. The third kappa shape index (κ3) is 6.44. The van der Waals surface area contributed by atoms with Crippen LogP contribution in [0.1, 0.15) is 24.5 Å². The highest BCUT2D eigenvalue weighted by molar-refractivity contribution is 6.10. The quantitative estimate of drug-likeness (QED) is 0.525. The zero-order valence-electron chi connectivity index (χ0n) is 17.6. The van der Waals surface area contributed by atoms with E-state index in [2.05, 4.69) is 46.8 Å². The molecule has 4 rings (SSSR count). The van der Waals surface area contributed by atoms with Crippen molar-refractivity contribution in [3.05, 3.63) is 96.6 Å². The van der Waals surface area contributed by atoms with E-state index in [0.29, 0.717) is 12.2 Å². The molecule has 0 amide bonds. The largest absolute Gasteiger partial charge is 0.350 e. The first-order valence-corrected chi connectivity index (χ1v) is 10.5. The smallest absolute Gasteiger partial charge is 0.162 e. The molecule has 5 heteroatoms. The van der Waals surface area contributed by atoms with Gasteiger partial charge in [0.15, 0.2) is 6.29 Å². The van der Waals surface area contributed by atoms with Crippen LogP contribution in [0.3, 0.4) is 0 Å². The van der Waals surface area contributed by atoms with Crippen molar-refractivity contribution in [2.75, 3.05) is 13.2 Å². The summed E-state index contributed by atoms with van der Waals surface area (Å²) in [6.07, 6.45) is 9.24. The molecular formula is C25H29BN2O2. The molecule has 0 aliphatic carbocycles. The maximum absolute atomic E-state index is 5.63. The van der Waals surface area contributed by atoms with Crippen LogP contribution in [0.5, 0.6) is 0 Å². The van der Waals surface area contributed by atoms with Crippen LogP contribution < -0.4 is 0 Å². The summed E-state index contributed by atoms with van der Waals surface area (Å²) in [5.74, 6) is 0.423. The molecule has 0 saturated carbocycles. The van der Waals surface area contributed by atoms with E-state index in [4.69, 9.17) is 17.3 Å². The normalized spacial score (nSPS) is 14.6. The number of hydrogen-bond donors (Lipinski definition) is 0. The second-order valence-electron chi connectivity index (χ2n) is 7.12. The summed E-state index contributed by atoms with van der Waals surface area (Å²) < 4.78 is 13.1. The van der Waals surface area contributed by atoms with Gasteiger partial charge >= 0.3 is 0 Å². The lowest BCUT2D eigenvalue weighted by molar-refractivity contribution is -0.0884. The number of benzene rings is 2. The topological polar surface area (TPSA) is 36.3 Å². The van der Waals surface area contributed by atoms with Gasteiger partial charge in [-0.05, 0) is 23.1 Å². The van der Waals surface area contributed by atoms with E-state index in [9.17, 15) is 0 Å². The summed E-state index contributed by atoms with van der Waals surface area (Å²) in [6.45, 7) is 4.53. The molecule has 2 aromatic carbocycles. The van der Waals surface area contributed by atoms with E-state index in [-0.39, 0.29) is 6.29 Å². The third-order valence-corrected chi connectivity index (χ3v) is 5.05. The van der Waals surface area contributed by atoms with Crippen LogP contribution in [0.4, 0.5) is 0 Å². The second-order valence-corrected chi connectivity index (χ2v) is 7.12. The van der Waals surface area contributed by atoms with Gasteiger partial charge in [-0.2, -0.15) is 0 Å². The molecule has 0 N–H and O–H groups in total. The van der Waals surface area contributed by atoms with Crippen molar-refractivity contribution in [3.63, 3.8) is 0 Å². The van der Waals surface area contributed by atoms with E-state index in [1.165, 1.54) is 16.7 Å². The van der Waals surface area contributed by atoms with Gasteiger partial charge in [0.2, 0.25) is 0 Å². The van der Waals surface area contributed by atoms with Gasteiger partial charge in [0.05, 0.1) is 27.4 Å². The van der Waals surface area contributed by atoms with Gasteiger partial charge in [-0.3, -0.25) is 0 Å². The van der Waals surface area contributed by atoms with Gasteiger partial charge < -0.3 is 14.0 Å². The highest BCUT2D eigenvalue weighted by Gasteiger charge is 2.25. The molecule has 1 unspecified atom stereocenters. The fourth-order valence-electron chi connectivity index (χ4n) is 3.48. The van der Waals surface area contributed by atoms with Crippen LogP contribution in [-0.4, -0.2) is 36.9 Å². The Morgan fingerprint density at radius 2 is 1.67 bits per heavy atom. The van der Waals surface area contributed by atoms with Crippen molar-refractivity contribution in [2.45, 2.75) is 32.5 Å². The van der Waals surface area contributed by atoms with Crippen LogP contribution in [0, 0.1) is 5.92 Å². The third-order valence-electron chi connectivity index (χ3n) is 5.05. The summed E-state index contributed by atoms with van der Waals surface area (Å²) in [5, 5.41) is 0. The van der Waals surface area contributed by atoms with Gasteiger partial charge in [0.25, 0.3) is 0 Å². The van der Waals surface area contributed by atoms with Gasteiger partial charge in [-0.25, -0.2) is 4.98 Å². The maximum atomic E-state index is 5.63. The lowest BCUT2D eigenvalue weighted by Gasteiger charge is -2.20. The van der Waals surface area contributed by atoms with E-state index in [1.54, 1.807) is 6.20 Å². The monoisotopic (exact) mass is 400 g/mol. The van der Waals surface area contributed by atoms with Gasteiger partial charge in [0.1, 0.15) is 0 Å². The van der Waals surface area contributed by atoms with Gasteiger partial charge in [-0.15, -0.1) is 0 Å². The Morgan fingerprint density at radius 3 is 2.13 bits per heavy atom. The van der Waals surface area contributed by atoms with Crippen molar-refractivity contribution < 1.29 is 9.47 Å². The fraction of sp³-hybridized carbons (Fsp3) is 0.320. The number of aromatic nitrogens is 2. The molecule has 3 aromatic rings. The van der Waals surface area contributed by atoms with E-state index in [0.717, 1.165) is 26.2 Å². The van der Waals surface area contributed by atoms with Crippen molar-refractivity contribution in [2.24, 2.45) is 5.92 Å². The average molecular weight is 400 g/mol. The minimum atomic E-state index is -0.0256. The first kappa shape index (κ1) is 22.1. The lowest BCUT2D eigenvalue weighted by Crippen LogP contribution is -2.25. The van der Waals surface area contributed by atoms with Gasteiger partial charge in [-0.1, -0.05) is 80.0 Å². The van der Waals surface area contributed by atoms with Crippen LogP contribution >= 0.6 is 0 Å². The zero-order chi connectivity index (χ0) is 21.0. The Labute approximate surface area is 181 Å². The molecule has 154 valence electrons. The summed E-state index contributed by atoms with van der Waals surface area (Å²) >= 11 is 0. The molecule has 1 aliphatic rings. The highest BCUT2D eigenvalue weighted by Crippen LogP contribution is 2.23. The molecule has 2 radical (unpaired) electrons. The molecule has 2 heterocycles. The number of rotatable bonds is 7. The Bertz CT molecular complexity index is 819. The van der Waals surface area contributed by atoms with Crippen LogP contribution in [0.2, 0.25) is 6.32 Å². The zero-order valence-corrected chi connectivity index (χ0v) is 17.6. The summed E-state index contributed by atoms with van der Waals surface area (Å²) in [6, 6.07) is 20.6. The first-order chi connectivity index (χ1) is 14.8. The van der Waals surface area contributed by atoms with Crippen molar-refractivity contribution in [3.8, 4) is 0 Å². The maximum Gasteiger partial charge on any atom is 0.162 e. The standard InChI is InChI=1S/C15H13B.C10H16N2O2/c16-12-11-15(13-7-3-1-4-8-13)14-9-5-2-6-10-14;1-2-9(10-13-5-6-14-10)7-12-4-3-11-8-12/h1-11H,12H2;3-4,8-10H,2,5-7H2,1H3. The predicted octanol–water partition coefficient (Wildman–Crippen LogP) is 4.99. The summed E-state index contributed by atoms with van der Waals surface area (Å²) in [4.78, 5) is 4.02. The Morgan fingerprint density at radius 1 is 1.07 bits per heavy atom. The Hall–Kier alpha value is -2.63. The van der Waals surface area contributed by atoms with Crippen LogP contribution in [0.15, 0.2) is 85.5 Å². The molecule has 0 spiro atoms.